The van der Waals surface area contributed by atoms with Crippen LogP contribution in [0, 0.1) is 0 Å². The van der Waals surface area contributed by atoms with Gasteiger partial charge in [-0.25, -0.2) is 19.1 Å². The summed E-state index contributed by atoms with van der Waals surface area (Å²) in [5, 5.41) is 11.1. The Hall–Kier alpha value is -3.46. The van der Waals surface area contributed by atoms with Crippen LogP contribution in [0.25, 0.3) is 5.69 Å². The van der Waals surface area contributed by atoms with E-state index in [0.29, 0.717) is 16.3 Å². The molecule has 1 aromatic carbocycles. The van der Waals surface area contributed by atoms with E-state index in [1.807, 2.05) is 0 Å². The molecule has 0 saturated heterocycles. The van der Waals surface area contributed by atoms with Crippen LogP contribution in [0.4, 0.5) is 5.00 Å². The maximum Gasteiger partial charge on any atom is 0.341 e. The fourth-order valence-electron chi connectivity index (χ4n) is 3.65. The number of aromatic hydroxyl groups is 1. The molecule has 2 N–H and O–H groups in total. The zero-order valence-corrected chi connectivity index (χ0v) is 17.7. The van der Waals surface area contributed by atoms with Gasteiger partial charge in [-0.15, -0.1) is 11.3 Å². The molecule has 8 nitrogen and oxygen atoms in total. The molecule has 1 aliphatic carbocycles. The fraction of sp³-hybridized carbons (Fsp3) is 0.273. The zero-order chi connectivity index (χ0) is 22.0. The van der Waals surface area contributed by atoms with Gasteiger partial charge in [-0.05, 0) is 50.3 Å². The van der Waals surface area contributed by atoms with Crippen LogP contribution < -0.4 is 11.2 Å². The predicted molar refractivity (Wildman–Crippen MR) is 118 cm³/mol. The highest BCUT2D eigenvalue weighted by atomic mass is 32.1. The molecule has 0 aliphatic heterocycles. The molecule has 160 valence electrons. The molecule has 0 radical (unpaired) electrons. The van der Waals surface area contributed by atoms with Crippen molar-refractivity contribution in [3.05, 3.63) is 72.7 Å². The van der Waals surface area contributed by atoms with Crippen molar-refractivity contribution < 1.29 is 14.6 Å². The number of carbonyl (C=O) groups excluding carboxylic acids is 1. The Bertz CT molecular complexity index is 1270. The van der Waals surface area contributed by atoms with Crippen molar-refractivity contribution >= 4 is 28.5 Å². The Labute approximate surface area is 181 Å². The minimum atomic E-state index is -0.766. The first kappa shape index (κ1) is 20.8. The van der Waals surface area contributed by atoms with Gasteiger partial charge in [-0.2, -0.15) is 0 Å². The summed E-state index contributed by atoms with van der Waals surface area (Å²) in [6.45, 7) is 1.99. The lowest BCUT2D eigenvalue weighted by Crippen LogP contribution is -2.31. The van der Waals surface area contributed by atoms with Crippen LogP contribution in [0.15, 0.2) is 44.9 Å². The Balaban J connectivity index is 1.81. The molecule has 0 atom stereocenters. The molecule has 0 fully saturated rings. The summed E-state index contributed by atoms with van der Waals surface area (Å²) in [7, 11) is 0. The maximum atomic E-state index is 12.6. The van der Waals surface area contributed by atoms with E-state index in [2.05, 4.69) is 9.98 Å². The quantitative estimate of drug-likeness (QED) is 0.468. The summed E-state index contributed by atoms with van der Waals surface area (Å²) >= 11 is 1.39. The van der Waals surface area contributed by atoms with Gasteiger partial charge in [-0.3, -0.25) is 9.78 Å². The van der Waals surface area contributed by atoms with Gasteiger partial charge >= 0.3 is 11.7 Å². The van der Waals surface area contributed by atoms with Crippen LogP contribution >= 0.6 is 11.3 Å². The van der Waals surface area contributed by atoms with Crippen LogP contribution in [-0.4, -0.2) is 33.4 Å². The van der Waals surface area contributed by atoms with E-state index in [-0.39, 0.29) is 12.2 Å². The van der Waals surface area contributed by atoms with E-state index in [4.69, 9.17) is 4.74 Å². The van der Waals surface area contributed by atoms with E-state index >= 15 is 0 Å². The number of carbonyl (C=O) groups is 1. The van der Waals surface area contributed by atoms with Crippen molar-refractivity contribution in [2.75, 3.05) is 6.61 Å². The molecule has 0 spiro atoms. The molecule has 1 aliphatic rings. The average molecular weight is 439 g/mol. The van der Waals surface area contributed by atoms with Gasteiger partial charge < -0.3 is 9.84 Å². The highest BCUT2D eigenvalue weighted by Gasteiger charge is 2.26. The average Bonchev–Trinajstić information content (AvgIpc) is 3.12. The van der Waals surface area contributed by atoms with Gasteiger partial charge in [0.05, 0.1) is 17.9 Å². The van der Waals surface area contributed by atoms with Gasteiger partial charge in [0.15, 0.2) is 0 Å². The molecule has 0 amide bonds. The van der Waals surface area contributed by atoms with Crippen LogP contribution in [-0.2, 0) is 17.6 Å². The number of thiophene rings is 1. The number of rotatable bonds is 5. The summed E-state index contributed by atoms with van der Waals surface area (Å²) in [5.74, 6) is -0.968. The lowest BCUT2D eigenvalue weighted by Gasteiger charge is -2.11. The first-order valence-electron chi connectivity index (χ1n) is 10.0. The number of hydrogen-bond acceptors (Lipinski definition) is 7. The summed E-state index contributed by atoms with van der Waals surface area (Å²) in [5.41, 5.74) is 0.0701. The lowest BCUT2D eigenvalue weighted by atomic mass is 9.95. The number of nitrogens with one attached hydrogen (secondary N) is 1. The number of fused-ring (bicyclic) bond motifs is 1. The van der Waals surface area contributed by atoms with E-state index in [0.717, 1.165) is 40.7 Å². The van der Waals surface area contributed by atoms with Crippen LogP contribution in [0.5, 0.6) is 5.88 Å². The smallest absolute Gasteiger partial charge is 0.341 e. The Morgan fingerprint density at radius 3 is 2.74 bits per heavy atom. The van der Waals surface area contributed by atoms with E-state index in [1.165, 1.54) is 17.6 Å². The van der Waals surface area contributed by atoms with Crippen LogP contribution in [0.3, 0.4) is 0 Å². The number of benzene rings is 1. The fourth-order valence-corrected chi connectivity index (χ4v) is 4.87. The van der Waals surface area contributed by atoms with Crippen molar-refractivity contribution in [2.24, 2.45) is 4.99 Å². The second-order valence-electron chi connectivity index (χ2n) is 7.04. The third-order valence-corrected chi connectivity index (χ3v) is 6.28. The molecule has 2 heterocycles. The summed E-state index contributed by atoms with van der Waals surface area (Å²) in [4.78, 5) is 44.9. The standard InChI is InChI=1S/C22H21N3O5S/c1-2-30-21(28)17-14-10-6-7-11-16(14)31-19(17)23-12-15-18(26)24-22(29)25(20(15)27)13-8-4-3-5-9-13/h3-5,8-9,12,27H,2,6-7,10-11H2,1H3,(H,24,26,29)/b23-12+. The Kier molecular flexibility index (Phi) is 5.85. The summed E-state index contributed by atoms with van der Waals surface area (Å²) in [6.07, 6.45) is 4.86. The second-order valence-corrected chi connectivity index (χ2v) is 8.12. The summed E-state index contributed by atoms with van der Waals surface area (Å²) in [6, 6.07) is 8.46. The number of H-pyrrole nitrogens is 1. The van der Waals surface area contributed by atoms with Crippen LogP contribution in [0.2, 0.25) is 0 Å². The van der Waals surface area contributed by atoms with E-state index in [9.17, 15) is 19.5 Å². The molecule has 0 unspecified atom stereocenters. The number of aromatic amines is 1. The minimum absolute atomic E-state index is 0.176. The molecule has 0 saturated carbocycles. The number of ether oxygens (including phenoxy) is 1. The third kappa shape index (κ3) is 3.96. The summed E-state index contributed by atoms with van der Waals surface area (Å²) < 4.78 is 6.21. The third-order valence-electron chi connectivity index (χ3n) is 5.08. The SMILES string of the molecule is CCOC(=O)c1c(/N=C/c2c(O)n(-c3ccccc3)c(=O)[nH]c2=O)sc2c1CCCC2. The number of nitrogens with zero attached hydrogens (tertiary/aromatic N) is 2. The molecular weight excluding hydrogens is 418 g/mol. The van der Waals surface area contributed by atoms with Gasteiger partial charge in [0, 0.05) is 11.1 Å². The molecular formula is C22H21N3O5S. The number of aliphatic imine (C=N–C) groups is 1. The lowest BCUT2D eigenvalue weighted by molar-refractivity contribution is 0.0526. The van der Waals surface area contributed by atoms with Crippen molar-refractivity contribution in [3.63, 3.8) is 0 Å². The van der Waals surface area contributed by atoms with E-state index < -0.39 is 23.1 Å². The number of hydrogen-bond donors (Lipinski definition) is 2. The monoisotopic (exact) mass is 439 g/mol. The predicted octanol–water partition coefficient (Wildman–Crippen LogP) is 3.10. The minimum Gasteiger partial charge on any atom is -0.493 e. The number of aryl methyl sites for hydroxylation is 1. The number of esters is 1. The van der Waals surface area contributed by atoms with Crippen molar-refractivity contribution in [3.8, 4) is 11.6 Å². The largest absolute Gasteiger partial charge is 0.493 e. The first-order chi connectivity index (χ1) is 15.0. The molecule has 0 bridgehead atoms. The molecule has 2 aromatic heterocycles. The van der Waals surface area contributed by atoms with Gasteiger partial charge in [0.2, 0.25) is 5.88 Å². The molecule has 3 aromatic rings. The van der Waals surface area contributed by atoms with Crippen molar-refractivity contribution in [2.45, 2.75) is 32.6 Å². The Morgan fingerprint density at radius 1 is 1.26 bits per heavy atom. The topological polar surface area (TPSA) is 114 Å². The van der Waals surface area contributed by atoms with Gasteiger partial charge in [0.25, 0.3) is 5.56 Å². The molecule has 31 heavy (non-hydrogen) atoms. The second kappa shape index (κ2) is 8.73. The Morgan fingerprint density at radius 2 is 2.00 bits per heavy atom. The number of para-hydroxylation sites is 1. The normalized spacial score (nSPS) is 13.3. The first-order valence-corrected chi connectivity index (χ1v) is 10.8. The van der Waals surface area contributed by atoms with Crippen LogP contribution in [0.1, 0.15) is 46.1 Å². The number of aromatic nitrogens is 2. The van der Waals surface area contributed by atoms with Gasteiger partial charge in [-0.1, -0.05) is 18.2 Å². The zero-order valence-electron chi connectivity index (χ0n) is 16.9. The highest BCUT2D eigenvalue weighted by Crippen LogP contribution is 2.40. The van der Waals surface area contributed by atoms with Gasteiger partial charge in [0.1, 0.15) is 10.6 Å². The van der Waals surface area contributed by atoms with Crippen molar-refractivity contribution in [1.29, 1.82) is 0 Å². The molecule has 9 heteroatoms. The maximum absolute atomic E-state index is 12.6. The van der Waals surface area contributed by atoms with Crippen molar-refractivity contribution in [1.82, 2.24) is 9.55 Å². The highest BCUT2D eigenvalue weighted by molar-refractivity contribution is 7.16. The van der Waals surface area contributed by atoms with E-state index in [1.54, 1.807) is 37.3 Å². The molecule has 4 rings (SSSR count).